The van der Waals surface area contributed by atoms with Crippen molar-refractivity contribution in [2.45, 2.75) is 0 Å². The van der Waals surface area contributed by atoms with E-state index < -0.39 is 0 Å². The smallest absolute Gasteiger partial charge is 0.262 e. The molecule has 0 atom stereocenters. The Balaban J connectivity index is 1.71. The highest BCUT2D eigenvalue weighted by atomic mass is 79.9. The summed E-state index contributed by atoms with van der Waals surface area (Å²) >= 11 is 3.40. The number of fused-ring (bicyclic) bond motifs is 1. The standard InChI is InChI=1S/C16H12BrN3O2/c17-11-6-7-14-13(8-11)16(19-10-18-14)22-9-15(21)20-12-4-2-1-3-5-12/h1-8,10H,9H2,(H,20,21). The van der Waals surface area contributed by atoms with Crippen molar-refractivity contribution in [1.82, 2.24) is 9.97 Å². The molecule has 0 aliphatic rings. The number of aromatic nitrogens is 2. The third-order valence-corrected chi connectivity index (χ3v) is 3.45. The molecule has 0 radical (unpaired) electrons. The third-order valence-electron chi connectivity index (χ3n) is 2.96. The summed E-state index contributed by atoms with van der Waals surface area (Å²) in [5, 5.41) is 3.51. The second-order valence-electron chi connectivity index (χ2n) is 4.54. The topological polar surface area (TPSA) is 64.1 Å². The number of anilines is 1. The van der Waals surface area contributed by atoms with Gasteiger partial charge in [-0.15, -0.1) is 0 Å². The number of carbonyl (C=O) groups is 1. The Hall–Kier alpha value is -2.47. The monoisotopic (exact) mass is 357 g/mol. The normalized spacial score (nSPS) is 10.4. The van der Waals surface area contributed by atoms with Crippen molar-refractivity contribution < 1.29 is 9.53 Å². The van der Waals surface area contributed by atoms with E-state index in [1.807, 2.05) is 48.5 Å². The molecule has 110 valence electrons. The van der Waals surface area contributed by atoms with Crippen LogP contribution >= 0.6 is 15.9 Å². The Morgan fingerprint density at radius 3 is 2.77 bits per heavy atom. The van der Waals surface area contributed by atoms with Gasteiger partial charge in [-0.05, 0) is 30.3 Å². The van der Waals surface area contributed by atoms with Crippen LogP contribution in [0.1, 0.15) is 0 Å². The van der Waals surface area contributed by atoms with Gasteiger partial charge in [0.1, 0.15) is 6.33 Å². The first kappa shape index (κ1) is 14.5. The fourth-order valence-corrected chi connectivity index (χ4v) is 2.33. The summed E-state index contributed by atoms with van der Waals surface area (Å²) in [4.78, 5) is 20.2. The number of amides is 1. The second-order valence-corrected chi connectivity index (χ2v) is 5.46. The number of hydrogen-bond acceptors (Lipinski definition) is 4. The number of benzene rings is 2. The lowest BCUT2D eigenvalue weighted by Crippen LogP contribution is -2.20. The van der Waals surface area contributed by atoms with Gasteiger partial charge in [-0.3, -0.25) is 4.79 Å². The summed E-state index contributed by atoms with van der Waals surface area (Å²) in [6, 6.07) is 14.8. The Bertz CT molecular complexity index is 809. The first-order valence-electron chi connectivity index (χ1n) is 6.60. The van der Waals surface area contributed by atoms with Crippen molar-refractivity contribution in [1.29, 1.82) is 0 Å². The molecule has 1 amide bonds. The molecule has 0 bridgehead atoms. The largest absolute Gasteiger partial charge is 0.467 e. The van der Waals surface area contributed by atoms with Gasteiger partial charge in [-0.2, -0.15) is 0 Å². The fraction of sp³-hybridized carbons (Fsp3) is 0.0625. The molecular formula is C16H12BrN3O2. The minimum Gasteiger partial charge on any atom is -0.467 e. The maximum absolute atomic E-state index is 11.9. The third kappa shape index (κ3) is 3.40. The molecule has 0 fully saturated rings. The maximum Gasteiger partial charge on any atom is 0.262 e. The van der Waals surface area contributed by atoms with Gasteiger partial charge in [0.15, 0.2) is 6.61 Å². The molecule has 0 unspecified atom stereocenters. The minimum atomic E-state index is -0.243. The van der Waals surface area contributed by atoms with Crippen LogP contribution in [0.3, 0.4) is 0 Å². The van der Waals surface area contributed by atoms with Gasteiger partial charge in [-0.25, -0.2) is 9.97 Å². The molecule has 0 spiro atoms. The summed E-state index contributed by atoms with van der Waals surface area (Å²) in [5.41, 5.74) is 1.49. The van der Waals surface area contributed by atoms with Gasteiger partial charge in [0.25, 0.3) is 5.91 Å². The zero-order valence-corrected chi connectivity index (χ0v) is 13.1. The second kappa shape index (κ2) is 6.53. The number of nitrogens with one attached hydrogen (secondary N) is 1. The predicted octanol–water partition coefficient (Wildman–Crippen LogP) is 3.41. The van der Waals surface area contributed by atoms with Gasteiger partial charge >= 0.3 is 0 Å². The molecule has 6 heteroatoms. The average Bonchev–Trinajstić information content (AvgIpc) is 2.54. The van der Waals surface area contributed by atoms with E-state index in [0.717, 1.165) is 21.1 Å². The van der Waals surface area contributed by atoms with E-state index in [1.165, 1.54) is 6.33 Å². The van der Waals surface area contributed by atoms with Crippen molar-refractivity contribution in [3.8, 4) is 5.88 Å². The summed E-state index contributed by atoms with van der Waals surface area (Å²) in [6.45, 7) is -0.118. The number of rotatable bonds is 4. The number of carbonyl (C=O) groups excluding carboxylic acids is 1. The highest BCUT2D eigenvalue weighted by Crippen LogP contribution is 2.24. The zero-order chi connectivity index (χ0) is 15.4. The van der Waals surface area contributed by atoms with E-state index in [2.05, 4.69) is 31.2 Å². The molecule has 1 aromatic heterocycles. The molecule has 2 aromatic carbocycles. The summed E-state index contributed by atoms with van der Waals surface area (Å²) < 4.78 is 6.42. The minimum absolute atomic E-state index is 0.118. The van der Waals surface area contributed by atoms with Crippen molar-refractivity contribution in [3.05, 3.63) is 59.3 Å². The molecule has 0 aliphatic carbocycles. The molecule has 22 heavy (non-hydrogen) atoms. The summed E-state index contributed by atoms with van der Waals surface area (Å²) in [5.74, 6) is 0.141. The van der Waals surface area contributed by atoms with E-state index >= 15 is 0 Å². The van der Waals surface area contributed by atoms with Crippen LogP contribution in [-0.2, 0) is 4.79 Å². The molecule has 5 nitrogen and oxygen atoms in total. The SMILES string of the molecule is O=C(COc1ncnc2ccc(Br)cc12)Nc1ccccc1. The van der Waals surface area contributed by atoms with Crippen molar-refractivity contribution in [2.24, 2.45) is 0 Å². The van der Waals surface area contributed by atoms with Crippen LogP contribution in [0.4, 0.5) is 5.69 Å². The predicted molar refractivity (Wildman–Crippen MR) is 87.8 cm³/mol. The van der Waals surface area contributed by atoms with Gasteiger partial charge in [0.05, 0.1) is 10.9 Å². The van der Waals surface area contributed by atoms with Crippen molar-refractivity contribution in [3.63, 3.8) is 0 Å². The van der Waals surface area contributed by atoms with Gasteiger partial charge in [-0.1, -0.05) is 34.1 Å². The lowest BCUT2D eigenvalue weighted by Gasteiger charge is -2.08. The lowest BCUT2D eigenvalue weighted by atomic mass is 10.2. The fourth-order valence-electron chi connectivity index (χ4n) is 1.97. The lowest BCUT2D eigenvalue weighted by molar-refractivity contribution is -0.118. The number of hydrogen-bond donors (Lipinski definition) is 1. The molecule has 3 rings (SSSR count). The highest BCUT2D eigenvalue weighted by Gasteiger charge is 2.08. The number of halogens is 1. The molecular weight excluding hydrogens is 346 g/mol. The molecule has 1 heterocycles. The van der Waals surface area contributed by atoms with Crippen LogP contribution in [0.15, 0.2) is 59.3 Å². The van der Waals surface area contributed by atoms with Crippen LogP contribution in [0.25, 0.3) is 10.9 Å². The zero-order valence-electron chi connectivity index (χ0n) is 11.5. The molecule has 1 N–H and O–H groups in total. The number of ether oxygens (including phenoxy) is 1. The van der Waals surface area contributed by atoms with Gasteiger partial charge in [0.2, 0.25) is 5.88 Å². The van der Waals surface area contributed by atoms with Crippen LogP contribution in [0.2, 0.25) is 0 Å². The number of nitrogens with zero attached hydrogens (tertiary/aromatic N) is 2. The van der Waals surface area contributed by atoms with Crippen LogP contribution in [0, 0.1) is 0 Å². The Morgan fingerprint density at radius 2 is 1.95 bits per heavy atom. The van der Waals surface area contributed by atoms with E-state index in [4.69, 9.17) is 4.74 Å². The number of para-hydroxylation sites is 1. The van der Waals surface area contributed by atoms with E-state index in [9.17, 15) is 4.79 Å². The van der Waals surface area contributed by atoms with E-state index in [0.29, 0.717) is 5.88 Å². The molecule has 0 saturated carbocycles. The van der Waals surface area contributed by atoms with Crippen LogP contribution in [-0.4, -0.2) is 22.5 Å². The van der Waals surface area contributed by atoms with Crippen LogP contribution in [0.5, 0.6) is 5.88 Å². The molecule has 3 aromatic rings. The van der Waals surface area contributed by atoms with Crippen molar-refractivity contribution >= 4 is 38.4 Å². The Morgan fingerprint density at radius 1 is 1.14 bits per heavy atom. The first-order valence-corrected chi connectivity index (χ1v) is 7.39. The van der Waals surface area contributed by atoms with Gasteiger partial charge < -0.3 is 10.1 Å². The summed E-state index contributed by atoms with van der Waals surface area (Å²) in [7, 11) is 0. The Labute approximate surface area is 135 Å². The maximum atomic E-state index is 11.9. The average molecular weight is 358 g/mol. The summed E-state index contributed by atoms with van der Waals surface area (Å²) in [6.07, 6.45) is 1.42. The first-order chi connectivity index (χ1) is 10.7. The molecule has 0 aliphatic heterocycles. The van der Waals surface area contributed by atoms with Gasteiger partial charge in [0, 0.05) is 10.2 Å². The quantitative estimate of drug-likeness (QED) is 0.776. The highest BCUT2D eigenvalue weighted by molar-refractivity contribution is 9.10. The van der Waals surface area contributed by atoms with E-state index in [1.54, 1.807) is 0 Å². The Kier molecular flexibility index (Phi) is 4.29. The van der Waals surface area contributed by atoms with Crippen molar-refractivity contribution in [2.75, 3.05) is 11.9 Å². The van der Waals surface area contributed by atoms with E-state index in [-0.39, 0.29) is 12.5 Å². The van der Waals surface area contributed by atoms with Crippen LogP contribution < -0.4 is 10.1 Å². The molecule has 0 saturated heterocycles.